The average molecular weight is 366 g/mol. The zero-order chi connectivity index (χ0) is 17.9. The standard InChI is InChI=1S/C17H14N6O2S/c1-11-2-4-12(5-3-11)16-18-15(25-20-16)10-26-17-19-21-22-23(17)13-6-8-14(24)9-7-13/h2-9,24H,10H2,1H3. The summed E-state index contributed by atoms with van der Waals surface area (Å²) in [6.45, 7) is 2.03. The first-order valence-corrected chi connectivity index (χ1v) is 8.78. The number of aryl methyl sites for hydroxylation is 1. The highest BCUT2D eigenvalue weighted by molar-refractivity contribution is 7.98. The third-order valence-electron chi connectivity index (χ3n) is 3.64. The highest BCUT2D eigenvalue weighted by atomic mass is 32.2. The Kier molecular flexibility index (Phi) is 4.36. The van der Waals surface area contributed by atoms with E-state index in [1.807, 2.05) is 31.2 Å². The highest BCUT2D eigenvalue weighted by Crippen LogP contribution is 2.24. The number of benzene rings is 2. The molecule has 0 atom stereocenters. The van der Waals surface area contributed by atoms with Gasteiger partial charge in [-0.05, 0) is 41.6 Å². The lowest BCUT2D eigenvalue weighted by atomic mass is 10.1. The van der Waals surface area contributed by atoms with E-state index in [9.17, 15) is 5.11 Å². The van der Waals surface area contributed by atoms with Crippen molar-refractivity contribution in [1.29, 1.82) is 0 Å². The van der Waals surface area contributed by atoms with E-state index in [4.69, 9.17) is 4.52 Å². The van der Waals surface area contributed by atoms with Crippen LogP contribution >= 0.6 is 11.8 Å². The Morgan fingerprint density at radius 2 is 1.85 bits per heavy atom. The van der Waals surface area contributed by atoms with Crippen LogP contribution in [0.1, 0.15) is 11.5 Å². The van der Waals surface area contributed by atoms with Crippen molar-refractivity contribution < 1.29 is 9.63 Å². The molecule has 4 aromatic rings. The van der Waals surface area contributed by atoms with Crippen molar-refractivity contribution in [2.75, 3.05) is 0 Å². The fourth-order valence-corrected chi connectivity index (χ4v) is 3.01. The van der Waals surface area contributed by atoms with E-state index in [0.717, 1.165) is 11.3 Å². The molecular formula is C17H14N6O2S. The number of phenolic OH excluding ortho intramolecular Hbond substituents is 1. The van der Waals surface area contributed by atoms with Crippen LogP contribution in [-0.4, -0.2) is 35.5 Å². The topological polar surface area (TPSA) is 103 Å². The Morgan fingerprint density at radius 3 is 2.62 bits per heavy atom. The van der Waals surface area contributed by atoms with E-state index in [1.165, 1.54) is 17.3 Å². The van der Waals surface area contributed by atoms with Crippen LogP contribution in [0.15, 0.2) is 58.2 Å². The predicted molar refractivity (Wildman–Crippen MR) is 94.9 cm³/mol. The average Bonchev–Trinajstić information content (AvgIpc) is 3.30. The van der Waals surface area contributed by atoms with Gasteiger partial charge in [0.25, 0.3) is 0 Å². The van der Waals surface area contributed by atoms with E-state index in [0.29, 0.717) is 22.6 Å². The molecule has 0 fully saturated rings. The van der Waals surface area contributed by atoms with Gasteiger partial charge in [-0.3, -0.25) is 0 Å². The highest BCUT2D eigenvalue weighted by Gasteiger charge is 2.13. The molecule has 0 saturated heterocycles. The minimum atomic E-state index is 0.186. The van der Waals surface area contributed by atoms with Crippen molar-refractivity contribution >= 4 is 11.8 Å². The molecule has 0 unspecified atom stereocenters. The van der Waals surface area contributed by atoms with Crippen molar-refractivity contribution in [3.05, 3.63) is 60.0 Å². The van der Waals surface area contributed by atoms with Crippen molar-refractivity contribution in [3.63, 3.8) is 0 Å². The molecule has 2 aromatic heterocycles. The molecule has 2 aromatic carbocycles. The monoisotopic (exact) mass is 366 g/mol. The molecule has 8 nitrogen and oxygen atoms in total. The van der Waals surface area contributed by atoms with Crippen LogP contribution in [0.2, 0.25) is 0 Å². The maximum absolute atomic E-state index is 9.39. The molecule has 130 valence electrons. The summed E-state index contributed by atoms with van der Waals surface area (Å²) in [4.78, 5) is 4.41. The molecule has 0 bridgehead atoms. The first-order valence-electron chi connectivity index (χ1n) is 7.79. The maximum Gasteiger partial charge on any atom is 0.237 e. The third-order valence-corrected chi connectivity index (χ3v) is 4.54. The summed E-state index contributed by atoms with van der Waals surface area (Å²) in [6, 6.07) is 14.6. The summed E-state index contributed by atoms with van der Waals surface area (Å²) >= 11 is 1.38. The van der Waals surface area contributed by atoms with E-state index in [2.05, 4.69) is 25.7 Å². The van der Waals surface area contributed by atoms with Gasteiger partial charge in [0.15, 0.2) is 0 Å². The van der Waals surface area contributed by atoms with Gasteiger partial charge >= 0.3 is 0 Å². The maximum atomic E-state index is 9.39. The summed E-state index contributed by atoms with van der Waals surface area (Å²) < 4.78 is 6.90. The second-order valence-corrected chi connectivity index (χ2v) is 6.50. The largest absolute Gasteiger partial charge is 0.508 e. The number of phenols is 1. The van der Waals surface area contributed by atoms with Crippen molar-refractivity contribution in [3.8, 4) is 22.8 Å². The Balaban J connectivity index is 1.48. The predicted octanol–water partition coefficient (Wildman–Crippen LogP) is 3.02. The number of hydrogen-bond donors (Lipinski definition) is 1. The molecule has 0 aliphatic carbocycles. The fourth-order valence-electron chi connectivity index (χ4n) is 2.28. The van der Waals surface area contributed by atoms with Crippen molar-refractivity contribution in [1.82, 2.24) is 30.3 Å². The van der Waals surface area contributed by atoms with Gasteiger partial charge in [-0.15, -0.1) is 5.10 Å². The lowest BCUT2D eigenvalue weighted by molar-refractivity contribution is 0.391. The van der Waals surface area contributed by atoms with Crippen LogP contribution in [0.25, 0.3) is 17.1 Å². The van der Waals surface area contributed by atoms with Crippen LogP contribution in [0, 0.1) is 6.92 Å². The summed E-state index contributed by atoms with van der Waals surface area (Å²) in [7, 11) is 0. The van der Waals surface area contributed by atoms with Crippen LogP contribution in [0.3, 0.4) is 0 Å². The number of hydrogen-bond acceptors (Lipinski definition) is 8. The first-order chi connectivity index (χ1) is 12.7. The molecule has 26 heavy (non-hydrogen) atoms. The number of nitrogens with zero attached hydrogens (tertiary/aromatic N) is 6. The molecule has 0 spiro atoms. The smallest absolute Gasteiger partial charge is 0.237 e. The molecule has 0 saturated carbocycles. The van der Waals surface area contributed by atoms with Gasteiger partial charge in [-0.25, -0.2) is 0 Å². The minimum absolute atomic E-state index is 0.186. The molecule has 2 heterocycles. The molecule has 4 rings (SSSR count). The second-order valence-electron chi connectivity index (χ2n) is 5.56. The Bertz CT molecular complexity index is 1010. The lowest BCUT2D eigenvalue weighted by Crippen LogP contribution is -1.98. The summed E-state index contributed by atoms with van der Waals surface area (Å²) in [6.07, 6.45) is 0. The van der Waals surface area contributed by atoms with Gasteiger partial charge in [-0.1, -0.05) is 46.7 Å². The molecule has 9 heteroatoms. The van der Waals surface area contributed by atoms with E-state index >= 15 is 0 Å². The Hall–Kier alpha value is -3.20. The quantitative estimate of drug-likeness (QED) is 0.538. The molecular weight excluding hydrogens is 352 g/mol. The third kappa shape index (κ3) is 3.42. The van der Waals surface area contributed by atoms with E-state index in [1.54, 1.807) is 28.9 Å². The summed E-state index contributed by atoms with van der Waals surface area (Å²) in [5.41, 5.74) is 2.83. The number of thioether (sulfide) groups is 1. The minimum Gasteiger partial charge on any atom is -0.508 e. The van der Waals surface area contributed by atoms with E-state index in [-0.39, 0.29) is 5.75 Å². The van der Waals surface area contributed by atoms with Crippen molar-refractivity contribution in [2.24, 2.45) is 0 Å². The molecule has 1 N–H and O–H groups in total. The normalized spacial score (nSPS) is 11.0. The molecule has 0 aliphatic heterocycles. The zero-order valence-electron chi connectivity index (χ0n) is 13.8. The first kappa shape index (κ1) is 16.3. The van der Waals surface area contributed by atoms with Crippen LogP contribution in [0.4, 0.5) is 0 Å². The molecule has 0 aliphatic rings. The zero-order valence-corrected chi connectivity index (χ0v) is 14.6. The summed E-state index contributed by atoms with van der Waals surface area (Å²) in [5.74, 6) is 1.67. The van der Waals surface area contributed by atoms with Crippen molar-refractivity contribution in [2.45, 2.75) is 17.8 Å². The number of tetrazole rings is 1. The Morgan fingerprint density at radius 1 is 1.08 bits per heavy atom. The molecule has 0 amide bonds. The van der Waals surface area contributed by atoms with Crippen LogP contribution < -0.4 is 0 Å². The summed E-state index contributed by atoms with van der Waals surface area (Å²) in [5, 5.41) is 25.7. The SMILES string of the molecule is Cc1ccc(-c2noc(CSc3nnnn3-c3ccc(O)cc3)n2)cc1. The van der Waals surface area contributed by atoms with Gasteiger partial charge in [0.2, 0.25) is 16.9 Å². The molecule has 0 radical (unpaired) electrons. The van der Waals surface area contributed by atoms with E-state index < -0.39 is 0 Å². The van der Waals surface area contributed by atoms with Gasteiger partial charge in [0, 0.05) is 5.56 Å². The number of rotatable bonds is 5. The number of aromatic hydroxyl groups is 1. The van der Waals surface area contributed by atoms with Gasteiger partial charge in [0.1, 0.15) is 5.75 Å². The fraction of sp³-hybridized carbons (Fsp3) is 0.118. The lowest BCUT2D eigenvalue weighted by Gasteiger charge is -2.02. The number of aromatic nitrogens is 6. The van der Waals surface area contributed by atoms with Crippen LogP contribution in [-0.2, 0) is 5.75 Å². The van der Waals surface area contributed by atoms with Gasteiger partial charge in [0.05, 0.1) is 11.4 Å². The Labute approximate surface area is 152 Å². The second kappa shape index (κ2) is 6.96. The van der Waals surface area contributed by atoms with Gasteiger partial charge < -0.3 is 9.63 Å². The van der Waals surface area contributed by atoms with Crippen LogP contribution in [0.5, 0.6) is 5.75 Å². The van der Waals surface area contributed by atoms with Gasteiger partial charge in [-0.2, -0.15) is 9.67 Å².